The lowest BCUT2D eigenvalue weighted by Crippen LogP contribution is -2.56. The Hall–Kier alpha value is -1.24. The Labute approximate surface area is 123 Å². The summed E-state index contributed by atoms with van der Waals surface area (Å²) < 4.78 is 0. The van der Waals surface area contributed by atoms with Gasteiger partial charge in [0.05, 0.1) is 6.54 Å². The lowest BCUT2D eigenvalue weighted by atomic mass is 9.99. The van der Waals surface area contributed by atoms with Crippen LogP contribution in [-0.2, 0) is 14.4 Å². The molecule has 1 aliphatic heterocycles. The number of rotatable bonds is 7. The number of carboxylic acid groups (broad SMARTS) is 1. The van der Waals surface area contributed by atoms with Crippen LogP contribution in [0.15, 0.2) is 0 Å². The van der Waals surface area contributed by atoms with Crippen LogP contribution in [0.25, 0.3) is 0 Å². The smallest absolute Gasteiger partial charge is 0.330 e. The van der Waals surface area contributed by atoms with Crippen molar-refractivity contribution in [2.45, 2.75) is 38.6 Å². The van der Waals surface area contributed by atoms with Gasteiger partial charge in [-0.2, -0.15) is 11.8 Å². The number of hydrogen-bond donors (Lipinski definition) is 3. The molecule has 1 rings (SSSR count). The van der Waals surface area contributed by atoms with E-state index in [9.17, 15) is 19.5 Å². The zero-order chi connectivity index (χ0) is 15.2. The number of hydrogen-bond acceptors (Lipinski definition) is 4. The molecular formula is C13H22N2O4S. The quantitative estimate of drug-likeness (QED) is 0.640. The predicted octanol–water partition coefficient (Wildman–Crippen LogP) is 0.615. The summed E-state index contributed by atoms with van der Waals surface area (Å²) in [5, 5.41) is 14.3. The van der Waals surface area contributed by atoms with E-state index in [0.29, 0.717) is 30.3 Å². The van der Waals surface area contributed by atoms with E-state index in [1.54, 1.807) is 0 Å². The van der Waals surface area contributed by atoms with E-state index in [-0.39, 0.29) is 12.5 Å². The zero-order valence-electron chi connectivity index (χ0n) is 11.9. The van der Waals surface area contributed by atoms with E-state index in [1.807, 2.05) is 13.8 Å². The summed E-state index contributed by atoms with van der Waals surface area (Å²) in [5.41, 5.74) is -1.18. The molecule has 1 heterocycles. The van der Waals surface area contributed by atoms with Crippen molar-refractivity contribution in [1.82, 2.24) is 10.6 Å². The number of carbonyl (C=O) groups excluding carboxylic acids is 2. The molecule has 7 heteroatoms. The summed E-state index contributed by atoms with van der Waals surface area (Å²) >= 11 is 1.50. The Morgan fingerprint density at radius 3 is 2.50 bits per heavy atom. The largest absolute Gasteiger partial charge is 0.479 e. The minimum atomic E-state index is -1.18. The third kappa shape index (κ3) is 5.03. The Morgan fingerprint density at radius 1 is 1.30 bits per heavy atom. The monoisotopic (exact) mass is 302 g/mol. The maximum absolute atomic E-state index is 11.8. The molecule has 0 spiro atoms. The SMILES string of the molecule is CC(C)CCC(=O)NCC(=O)NC1(C(=O)O)CCSC1. The fourth-order valence-electron chi connectivity index (χ4n) is 1.88. The summed E-state index contributed by atoms with van der Waals surface area (Å²) in [5.74, 6) is -0.128. The molecule has 1 saturated heterocycles. The van der Waals surface area contributed by atoms with Gasteiger partial charge in [-0.25, -0.2) is 4.79 Å². The number of amides is 2. The number of thioether (sulfide) groups is 1. The van der Waals surface area contributed by atoms with E-state index >= 15 is 0 Å². The van der Waals surface area contributed by atoms with Gasteiger partial charge >= 0.3 is 5.97 Å². The average molecular weight is 302 g/mol. The second-order valence-electron chi connectivity index (χ2n) is 5.45. The van der Waals surface area contributed by atoms with Gasteiger partial charge in [-0.05, 0) is 24.5 Å². The molecule has 1 unspecified atom stereocenters. The van der Waals surface area contributed by atoms with Crippen LogP contribution in [0.1, 0.15) is 33.1 Å². The number of carbonyl (C=O) groups is 3. The molecule has 0 aromatic carbocycles. The van der Waals surface area contributed by atoms with Crippen LogP contribution in [0.3, 0.4) is 0 Å². The normalized spacial score (nSPS) is 21.8. The predicted molar refractivity (Wildman–Crippen MR) is 77.5 cm³/mol. The maximum atomic E-state index is 11.8. The standard InChI is InChI=1S/C13H22N2O4S/c1-9(2)3-4-10(16)14-7-11(17)15-13(12(18)19)5-6-20-8-13/h9H,3-8H2,1-2H3,(H,14,16)(H,15,17)(H,18,19). The Morgan fingerprint density at radius 2 is 2.00 bits per heavy atom. The van der Waals surface area contributed by atoms with E-state index in [1.165, 1.54) is 11.8 Å². The van der Waals surface area contributed by atoms with Crippen molar-refractivity contribution in [2.24, 2.45) is 5.92 Å². The second kappa shape index (κ2) is 7.52. The molecule has 1 atom stereocenters. The van der Waals surface area contributed by atoms with E-state index in [2.05, 4.69) is 10.6 Å². The van der Waals surface area contributed by atoms with Crippen molar-refractivity contribution in [3.63, 3.8) is 0 Å². The molecule has 0 aromatic heterocycles. The Kier molecular flexibility index (Phi) is 6.32. The highest BCUT2D eigenvalue weighted by Gasteiger charge is 2.43. The molecule has 114 valence electrons. The zero-order valence-corrected chi connectivity index (χ0v) is 12.7. The van der Waals surface area contributed by atoms with Crippen molar-refractivity contribution in [1.29, 1.82) is 0 Å². The van der Waals surface area contributed by atoms with E-state index < -0.39 is 17.4 Å². The first-order valence-corrected chi connectivity index (χ1v) is 7.90. The molecule has 0 aromatic rings. The van der Waals surface area contributed by atoms with Crippen molar-refractivity contribution < 1.29 is 19.5 Å². The first-order valence-electron chi connectivity index (χ1n) is 6.74. The fourth-order valence-corrected chi connectivity index (χ4v) is 3.21. The molecule has 1 aliphatic rings. The van der Waals surface area contributed by atoms with E-state index in [4.69, 9.17) is 0 Å². The summed E-state index contributed by atoms with van der Waals surface area (Å²) in [4.78, 5) is 34.5. The van der Waals surface area contributed by atoms with Crippen LogP contribution >= 0.6 is 11.8 Å². The molecule has 1 fully saturated rings. The highest BCUT2D eigenvalue weighted by Crippen LogP contribution is 2.28. The third-order valence-electron chi connectivity index (χ3n) is 3.20. The second-order valence-corrected chi connectivity index (χ2v) is 6.55. The summed E-state index contributed by atoms with van der Waals surface area (Å²) in [6.45, 7) is 3.87. The summed E-state index contributed by atoms with van der Waals surface area (Å²) in [6.07, 6.45) is 1.56. The van der Waals surface area contributed by atoms with Crippen LogP contribution in [0.4, 0.5) is 0 Å². The lowest BCUT2D eigenvalue weighted by Gasteiger charge is -2.24. The fraction of sp³-hybridized carbons (Fsp3) is 0.769. The Balaban J connectivity index is 2.36. The van der Waals surface area contributed by atoms with Crippen LogP contribution < -0.4 is 10.6 Å². The van der Waals surface area contributed by atoms with Crippen LogP contribution in [0, 0.1) is 5.92 Å². The highest BCUT2D eigenvalue weighted by atomic mass is 32.2. The van der Waals surface area contributed by atoms with Gasteiger partial charge in [0.15, 0.2) is 0 Å². The topological polar surface area (TPSA) is 95.5 Å². The summed E-state index contributed by atoms with van der Waals surface area (Å²) in [6, 6.07) is 0. The number of nitrogens with one attached hydrogen (secondary N) is 2. The van der Waals surface area contributed by atoms with Gasteiger partial charge in [0.2, 0.25) is 11.8 Å². The molecule has 0 bridgehead atoms. The molecule has 6 nitrogen and oxygen atoms in total. The van der Waals surface area contributed by atoms with Crippen molar-refractivity contribution in [3.05, 3.63) is 0 Å². The van der Waals surface area contributed by atoms with Gasteiger partial charge < -0.3 is 15.7 Å². The van der Waals surface area contributed by atoms with Crippen LogP contribution in [0.2, 0.25) is 0 Å². The molecular weight excluding hydrogens is 280 g/mol. The lowest BCUT2D eigenvalue weighted by molar-refractivity contribution is -0.146. The first kappa shape index (κ1) is 16.8. The third-order valence-corrected chi connectivity index (χ3v) is 4.39. The highest BCUT2D eigenvalue weighted by molar-refractivity contribution is 7.99. The van der Waals surface area contributed by atoms with Gasteiger partial charge in [-0.3, -0.25) is 9.59 Å². The van der Waals surface area contributed by atoms with Gasteiger partial charge in [0.25, 0.3) is 0 Å². The average Bonchev–Trinajstić information content (AvgIpc) is 2.83. The van der Waals surface area contributed by atoms with Crippen molar-refractivity contribution in [3.8, 4) is 0 Å². The minimum Gasteiger partial charge on any atom is -0.479 e. The van der Waals surface area contributed by atoms with Crippen molar-refractivity contribution >= 4 is 29.5 Å². The molecule has 0 radical (unpaired) electrons. The molecule has 3 N–H and O–H groups in total. The summed E-state index contributed by atoms with van der Waals surface area (Å²) in [7, 11) is 0. The molecule has 2 amide bonds. The van der Waals surface area contributed by atoms with Crippen LogP contribution in [0.5, 0.6) is 0 Å². The molecule has 0 aliphatic carbocycles. The van der Waals surface area contributed by atoms with Crippen LogP contribution in [-0.4, -0.2) is 46.5 Å². The van der Waals surface area contributed by atoms with Gasteiger partial charge in [0.1, 0.15) is 5.54 Å². The van der Waals surface area contributed by atoms with Gasteiger partial charge in [-0.1, -0.05) is 13.8 Å². The molecule has 20 heavy (non-hydrogen) atoms. The maximum Gasteiger partial charge on any atom is 0.330 e. The Bertz CT molecular complexity index is 379. The van der Waals surface area contributed by atoms with Gasteiger partial charge in [-0.15, -0.1) is 0 Å². The molecule has 0 saturated carbocycles. The number of aliphatic carboxylic acids is 1. The van der Waals surface area contributed by atoms with Gasteiger partial charge in [0, 0.05) is 12.2 Å². The van der Waals surface area contributed by atoms with Crippen molar-refractivity contribution in [2.75, 3.05) is 18.1 Å². The number of carboxylic acids is 1. The minimum absolute atomic E-state index is 0.170. The van der Waals surface area contributed by atoms with E-state index in [0.717, 1.165) is 6.42 Å². The first-order chi connectivity index (χ1) is 9.35.